The van der Waals surface area contributed by atoms with Crippen LogP contribution >= 0.6 is 0 Å². The Morgan fingerprint density at radius 2 is 2.12 bits per heavy atom. The van der Waals surface area contributed by atoms with E-state index in [4.69, 9.17) is 5.73 Å². The summed E-state index contributed by atoms with van der Waals surface area (Å²) in [6.45, 7) is 0. The van der Waals surface area contributed by atoms with E-state index in [1.807, 2.05) is 0 Å². The molecule has 0 aliphatic carbocycles. The second-order valence-corrected chi connectivity index (χ2v) is 5.29. The molecule has 0 atom stereocenters. The molecule has 0 saturated heterocycles. The highest BCUT2D eigenvalue weighted by molar-refractivity contribution is 7.89. The van der Waals surface area contributed by atoms with Gasteiger partial charge in [0.2, 0.25) is 5.96 Å². The summed E-state index contributed by atoms with van der Waals surface area (Å²) in [7, 11) is -2.62. The zero-order valence-corrected chi connectivity index (χ0v) is 9.51. The average molecular weight is 256 g/mol. The van der Waals surface area contributed by atoms with Gasteiger partial charge in [-0.3, -0.25) is 10.1 Å². The maximum atomic E-state index is 11.9. The van der Waals surface area contributed by atoms with Crippen molar-refractivity contribution in [3.05, 3.63) is 28.3 Å². The van der Waals surface area contributed by atoms with E-state index in [1.54, 1.807) is 0 Å². The molecule has 1 aromatic rings. The van der Waals surface area contributed by atoms with Gasteiger partial charge in [-0.25, -0.2) is 17.7 Å². The van der Waals surface area contributed by atoms with E-state index in [2.05, 4.69) is 4.99 Å². The van der Waals surface area contributed by atoms with Crippen LogP contribution in [-0.4, -0.2) is 30.7 Å². The third-order valence-corrected chi connectivity index (χ3v) is 4.14. The van der Waals surface area contributed by atoms with Crippen LogP contribution in [0.2, 0.25) is 0 Å². The van der Waals surface area contributed by atoms with Crippen molar-refractivity contribution >= 4 is 27.4 Å². The first-order chi connectivity index (χ1) is 7.84. The summed E-state index contributed by atoms with van der Waals surface area (Å²) in [6, 6.07) is 3.40. The zero-order valence-electron chi connectivity index (χ0n) is 8.69. The zero-order chi connectivity index (χ0) is 12.8. The smallest absolute Gasteiger partial charge is 0.270 e. The molecule has 2 N–H and O–H groups in total. The molecule has 8 nitrogen and oxygen atoms in total. The fraction of sp³-hybridized carbons (Fsp3) is 0.125. The van der Waals surface area contributed by atoms with E-state index < -0.39 is 14.9 Å². The first kappa shape index (κ1) is 11.3. The predicted molar refractivity (Wildman–Crippen MR) is 59.3 cm³/mol. The minimum Gasteiger partial charge on any atom is -0.369 e. The molecule has 1 aromatic carbocycles. The SMILES string of the molecule is CN1C(N)=Nc2ccc([N+](=O)[O-])cc2S1(=O)=O. The van der Waals surface area contributed by atoms with Gasteiger partial charge in [-0.2, -0.15) is 0 Å². The normalized spacial score (nSPS) is 17.2. The molecule has 90 valence electrons. The quantitative estimate of drug-likeness (QED) is 0.567. The lowest BCUT2D eigenvalue weighted by Gasteiger charge is -2.23. The van der Waals surface area contributed by atoms with Crippen molar-refractivity contribution in [3.8, 4) is 0 Å². The molecule has 9 heteroatoms. The van der Waals surface area contributed by atoms with Gasteiger partial charge in [0.25, 0.3) is 15.7 Å². The number of nitrogens with two attached hydrogens (primary N) is 1. The number of guanidine groups is 1. The number of benzene rings is 1. The first-order valence-corrected chi connectivity index (χ1v) is 5.89. The molecule has 1 aliphatic rings. The average Bonchev–Trinajstić information content (AvgIpc) is 2.26. The van der Waals surface area contributed by atoms with Crippen LogP contribution in [0.15, 0.2) is 28.1 Å². The highest BCUT2D eigenvalue weighted by Gasteiger charge is 2.31. The summed E-state index contributed by atoms with van der Waals surface area (Å²) >= 11 is 0. The number of aliphatic imine (C=N–C) groups is 1. The van der Waals surface area contributed by atoms with E-state index in [1.165, 1.54) is 19.2 Å². The van der Waals surface area contributed by atoms with Gasteiger partial charge in [0.15, 0.2) is 0 Å². The molecular formula is C8H8N4O4S. The van der Waals surface area contributed by atoms with Crippen molar-refractivity contribution in [1.29, 1.82) is 0 Å². The number of hydrogen-bond donors (Lipinski definition) is 1. The molecule has 0 radical (unpaired) electrons. The van der Waals surface area contributed by atoms with Crippen molar-refractivity contribution in [2.45, 2.75) is 4.90 Å². The third kappa shape index (κ3) is 1.60. The monoisotopic (exact) mass is 256 g/mol. The Bertz CT molecular complexity index is 637. The summed E-state index contributed by atoms with van der Waals surface area (Å²) < 4.78 is 24.6. The van der Waals surface area contributed by atoms with Crippen LogP contribution in [0.1, 0.15) is 0 Å². The highest BCUT2D eigenvalue weighted by atomic mass is 32.2. The predicted octanol–water partition coefficient (Wildman–Crippen LogP) is 0.175. The lowest BCUT2D eigenvalue weighted by atomic mass is 10.3. The summed E-state index contributed by atoms with van der Waals surface area (Å²) in [6.07, 6.45) is 0. The van der Waals surface area contributed by atoms with Gasteiger partial charge in [0.05, 0.1) is 10.6 Å². The third-order valence-electron chi connectivity index (χ3n) is 2.35. The minimum atomic E-state index is -3.85. The van der Waals surface area contributed by atoms with Crippen LogP contribution in [0.4, 0.5) is 11.4 Å². The summed E-state index contributed by atoms with van der Waals surface area (Å²) in [4.78, 5) is 13.5. The van der Waals surface area contributed by atoms with Crippen molar-refractivity contribution in [2.24, 2.45) is 10.7 Å². The van der Waals surface area contributed by atoms with E-state index in [9.17, 15) is 18.5 Å². The first-order valence-electron chi connectivity index (χ1n) is 4.45. The Hall–Kier alpha value is -2.16. The van der Waals surface area contributed by atoms with Gasteiger partial charge in [-0.15, -0.1) is 0 Å². The number of hydrogen-bond acceptors (Lipinski definition) is 6. The Morgan fingerprint density at radius 3 is 2.71 bits per heavy atom. The molecule has 0 unspecified atom stereocenters. The summed E-state index contributed by atoms with van der Waals surface area (Å²) in [5.41, 5.74) is 5.22. The molecule has 0 saturated carbocycles. The lowest BCUT2D eigenvalue weighted by Crippen LogP contribution is -2.40. The number of nitrogens with zero attached hydrogens (tertiary/aromatic N) is 3. The minimum absolute atomic E-state index is 0.103. The maximum absolute atomic E-state index is 11.9. The summed E-state index contributed by atoms with van der Waals surface area (Å²) in [5.74, 6) is -0.175. The van der Waals surface area contributed by atoms with Gasteiger partial charge >= 0.3 is 0 Å². The Labute approximate surface area is 96.6 Å². The molecule has 0 aromatic heterocycles. The number of nitro benzene ring substituents is 1. The van der Waals surface area contributed by atoms with Crippen LogP contribution < -0.4 is 5.73 Å². The van der Waals surface area contributed by atoms with E-state index in [-0.39, 0.29) is 22.2 Å². The number of nitro groups is 1. The molecule has 0 fully saturated rings. The fourth-order valence-electron chi connectivity index (χ4n) is 1.38. The van der Waals surface area contributed by atoms with E-state index in [0.29, 0.717) is 0 Å². The molecule has 1 heterocycles. The number of non-ortho nitro benzene ring substituents is 1. The second kappa shape index (κ2) is 3.42. The van der Waals surface area contributed by atoms with Gasteiger partial charge in [-0.05, 0) is 6.07 Å². The van der Waals surface area contributed by atoms with Crippen molar-refractivity contribution in [3.63, 3.8) is 0 Å². The van der Waals surface area contributed by atoms with Crippen molar-refractivity contribution in [2.75, 3.05) is 7.05 Å². The van der Waals surface area contributed by atoms with Crippen LogP contribution in [-0.2, 0) is 10.0 Å². The number of rotatable bonds is 1. The second-order valence-electron chi connectivity index (χ2n) is 3.35. The fourth-order valence-corrected chi connectivity index (χ4v) is 2.61. The van der Waals surface area contributed by atoms with Crippen molar-refractivity contribution in [1.82, 2.24) is 4.31 Å². The molecule has 1 aliphatic heterocycles. The Kier molecular flexibility index (Phi) is 2.28. The highest BCUT2D eigenvalue weighted by Crippen LogP contribution is 2.33. The van der Waals surface area contributed by atoms with Gasteiger partial charge in [0, 0.05) is 19.2 Å². The molecule has 0 amide bonds. The lowest BCUT2D eigenvalue weighted by molar-refractivity contribution is -0.385. The van der Waals surface area contributed by atoms with Crippen molar-refractivity contribution < 1.29 is 13.3 Å². The van der Waals surface area contributed by atoms with Crippen LogP contribution in [0.5, 0.6) is 0 Å². The van der Waals surface area contributed by atoms with Crippen LogP contribution in [0.3, 0.4) is 0 Å². The Balaban J connectivity index is 2.75. The van der Waals surface area contributed by atoms with Crippen LogP contribution in [0, 0.1) is 10.1 Å². The van der Waals surface area contributed by atoms with E-state index >= 15 is 0 Å². The van der Waals surface area contributed by atoms with Gasteiger partial charge < -0.3 is 5.73 Å². The van der Waals surface area contributed by atoms with Crippen LogP contribution in [0.25, 0.3) is 0 Å². The topological polar surface area (TPSA) is 119 Å². The van der Waals surface area contributed by atoms with E-state index in [0.717, 1.165) is 10.4 Å². The molecular weight excluding hydrogens is 248 g/mol. The van der Waals surface area contributed by atoms with Gasteiger partial charge in [-0.1, -0.05) is 0 Å². The maximum Gasteiger partial charge on any atom is 0.270 e. The van der Waals surface area contributed by atoms with Gasteiger partial charge in [0.1, 0.15) is 4.90 Å². The standard InChI is InChI=1S/C8H8N4O4S/c1-11-8(9)10-6-3-2-5(12(13)14)4-7(6)17(11,15)16/h2-4H,1H3,(H2,9,10). The molecule has 2 rings (SSSR count). The Morgan fingerprint density at radius 1 is 1.47 bits per heavy atom. The largest absolute Gasteiger partial charge is 0.369 e. The number of fused-ring (bicyclic) bond motifs is 1. The molecule has 17 heavy (non-hydrogen) atoms. The molecule has 0 bridgehead atoms. The number of sulfonamides is 1. The summed E-state index contributed by atoms with van der Waals surface area (Å²) in [5, 5.41) is 10.6. The molecule has 0 spiro atoms.